The maximum Gasteiger partial charge on any atom is 0.220 e. The molecule has 0 spiro atoms. The largest absolute Gasteiger partial charge is 0.391 e. The zero-order valence-electron chi connectivity index (χ0n) is 13.3. The van der Waals surface area contributed by atoms with Crippen LogP contribution in [0.3, 0.4) is 0 Å². The number of benzene rings is 1. The van der Waals surface area contributed by atoms with Crippen molar-refractivity contribution in [1.29, 1.82) is 0 Å². The van der Waals surface area contributed by atoms with Crippen molar-refractivity contribution < 1.29 is 14.7 Å². The van der Waals surface area contributed by atoms with E-state index in [2.05, 4.69) is 10.6 Å². The molecule has 1 aliphatic carbocycles. The third-order valence-electron chi connectivity index (χ3n) is 4.87. The van der Waals surface area contributed by atoms with Gasteiger partial charge in [0, 0.05) is 44.0 Å². The monoisotopic (exact) mass is 316 g/mol. The highest BCUT2D eigenvalue weighted by molar-refractivity contribution is 5.98. The number of Topliss-reactive ketones (excluding diaryl/α,β-unsaturated/α-hetero) is 1. The minimum atomic E-state index is -0.400. The lowest BCUT2D eigenvalue weighted by Crippen LogP contribution is -2.34. The highest BCUT2D eigenvalue weighted by Crippen LogP contribution is 2.23. The van der Waals surface area contributed by atoms with E-state index in [-0.39, 0.29) is 30.4 Å². The Labute approximate surface area is 136 Å². The number of hydrogen-bond acceptors (Lipinski definition) is 4. The van der Waals surface area contributed by atoms with E-state index in [1.165, 1.54) is 11.1 Å². The number of nitrogens with one attached hydrogen (secondary N) is 2. The van der Waals surface area contributed by atoms with E-state index in [1.54, 1.807) is 0 Å². The highest BCUT2D eigenvalue weighted by atomic mass is 16.3. The third kappa shape index (κ3) is 3.98. The van der Waals surface area contributed by atoms with Gasteiger partial charge in [0.05, 0.1) is 6.10 Å². The zero-order chi connectivity index (χ0) is 16.2. The zero-order valence-corrected chi connectivity index (χ0v) is 13.3. The minimum absolute atomic E-state index is 0.0254. The second kappa shape index (κ2) is 7.23. The summed E-state index contributed by atoms with van der Waals surface area (Å²) in [6.45, 7) is 1.76. The molecule has 0 aromatic heterocycles. The molecular formula is C18H24N2O3. The van der Waals surface area contributed by atoms with Crippen molar-refractivity contribution in [2.45, 2.75) is 38.2 Å². The number of aryl methyl sites for hydroxylation is 2. The van der Waals surface area contributed by atoms with Crippen molar-refractivity contribution in [1.82, 2.24) is 10.6 Å². The third-order valence-corrected chi connectivity index (χ3v) is 4.87. The van der Waals surface area contributed by atoms with Crippen LogP contribution in [0.2, 0.25) is 0 Å². The van der Waals surface area contributed by atoms with Crippen LogP contribution in [-0.4, -0.2) is 42.5 Å². The number of amides is 1. The average Bonchev–Trinajstić information content (AvgIpc) is 3.18. The second-order valence-electron chi connectivity index (χ2n) is 6.55. The van der Waals surface area contributed by atoms with Crippen LogP contribution in [0.4, 0.5) is 0 Å². The van der Waals surface area contributed by atoms with E-state index in [0.717, 1.165) is 25.8 Å². The summed E-state index contributed by atoms with van der Waals surface area (Å²) in [7, 11) is 0. The fraction of sp³-hybridized carbons (Fsp3) is 0.556. The van der Waals surface area contributed by atoms with Crippen LogP contribution >= 0.6 is 0 Å². The van der Waals surface area contributed by atoms with Crippen LogP contribution in [0.25, 0.3) is 0 Å². The number of carbonyl (C=O) groups is 2. The summed E-state index contributed by atoms with van der Waals surface area (Å²) >= 11 is 0. The van der Waals surface area contributed by atoms with Crippen LogP contribution in [0.5, 0.6) is 0 Å². The Morgan fingerprint density at radius 2 is 2.00 bits per heavy atom. The molecule has 3 rings (SSSR count). The van der Waals surface area contributed by atoms with Crippen LogP contribution in [0, 0.1) is 5.92 Å². The van der Waals surface area contributed by atoms with Crippen LogP contribution in [-0.2, 0) is 17.6 Å². The van der Waals surface area contributed by atoms with E-state index in [9.17, 15) is 14.7 Å². The van der Waals surface area contributed by atoms with Gasteiger partial charge in [-0.25, -0.2) is 0 Å². The van der Waals surface area contributed by atoms with Crippen LogP contribution < -0.4 is 10.6 Å². The van der Waals surface area contributed by atoms with Crippen molar-refractivity contribution in [3.8, 4) is 0 Å². The molecule has 1 aromatic rings. The highest BCUT2D eigenvalue weighted by Gasteiger charge is 2.25. The molecule has 2 aliphatic rings. The van der Waals surface area contributed by atoms with E-state index in [4.69, 9.17) is 0 Å². The number of ketones is 1. The van der Waals surface area contributed by atoms with E-state index < -0.39 is 6.10 Å². The number of β-amino-alcohol motifs (C(OH)–C–C–N with tert-alkyl or cyclic N) is 1. The van der Waals surface area contributed by atoms with Crippen molar-refractivity contribution in [2.75, 3.05) is 19.6 Å². The van der Waals surface area contributed by atoms with Gasteiger partial charge in [-0.2, -0.15) is 0 Å². The van der Waals surface area contributed by atoms with Gasteiger partial charge in [0.15, 0.2) is 5.78 Å². The van der Waals surface area contributed by atoms with E-state index in [0.29, 0.717) is 18.7 Å². The molecule has 1 aliphatic heterocycles. The van der Waals surface area contributed by atoms with Gasteiger partial charge in [0.2, 0.25) is 5.91 Å². The molecule has 5 heteroatoms. The predicted octanol–water partition coefficient (Wildman–Crippen LogP) is 0.835. The normalized spacial score (nSPS) is 22.8. The van der Waals surface area contributed by atoms with Gasteiger partial charge in [-0.15, -0.1) is 0 Å². The molecule has 1 saturated heterocycles. The fourth-order valence-electron chi connectivity index (χ4n) is 3.38. The van der Waals surface area contributed by atoms with E-state index in [1.807, 2.05) is 18.2 Å². The smallest absolute Gasteiger partial charge is 0.220 e. The average molecular weight is 316 g/mol. The van der Waals surface area contributed by atoms with Gasteiger partial charge in [-0.3, -0.25) is 9.59 Å². The Balaban J connectivity index is 1.44. The lowest BCUT2D eigenvalue weighted by Gasteiger charge is -2.14. The molecule has 2 atom stereocenters. The predicted molar refractivity (Wildman–Crippen MR) is 87.4 cm³/mol. The molecule has 23 heavy (non-hydrogen) atoms. The molecule has 1 aromatic carbocycles. The number of fused-ring (bicyclic) bond motifs is 1. The topological polar surface area (TPSA) is 78.4 Å². The summed E-state index contributed by atoms with van der Waals surface area (Å²) < 4.78 is 0. The Hall–Kier alpha value is -1.72. The fourth-order valence-corrected chi connectivity index (χ4v) is 3.38. The van der Waals surface area contributed by atoms with E-state index >= 15 is 0 Å². The van der Waals surface area contributed by atoms with Gasteiger partial charge >= 0.3 is 0 Å². The molecule has 1 amide bonds. The number of aliphatic hydroxyl groups excluding tert-OH is 1. The Morgan fingerprint density at radius 1 is 1.17 bits per heavy atom. The molecule has 0 saturated carbocycles. The quantitative estimate of drug-likeness (QED) is 0.680. The van der Waals surface area contributed by atoms with Gasteiger partial charge in [0.25, 0.3) is 0 Å². The van der Waals surface area contributed by atoms with Gasteiger partial charge in [-0.05, 0) is 36.5 Å². The number of hydrogen-bond donors (Lipinski definition) is 3. The van der Waals surface area contributed by atoms with Crippen molar-refractivity contribution in [3.05, 3.63) is 34.9 Å². The molecule has 2 unspecified atom stereocenters. The molecule has 0 bridgehead atoms. The van der Waals surface area contributed by atoms with Crippen LogP contribution in [0.1, 0.15) is 40.7 Å². The van der Waals surface area contributed by atoms with Crippen molar-refractivity contribution >= 4 is 11.7 Å². The molecule has 124 valence electrons. The summed E-state index contributed by atoms with van der Waals surface area (Å²) in [6, 6.07) is 5.91. The van der Waals surface area contributed by atoms with Gasteiger partial charge in [-0.1, -0.05) is 12.1 Å². The maximum absolute atomic E-state index is 12.2. The van der Waals surface area contributed by atoms with Gasteiger partial charge < -0.3 is 15.7 Å². The molecular weight excluding hydrogens is 292 g/mol. The summed E-state index contributed by atoms with van der Waals surface area (Å²) in [5.41, 5.74) is 3.35. The standard InChI is InChI=1S/C18H24N2O3/c21-16(14-5-4-12-2-1-3-13(12)8-14)6-7-18(23)20-10-15-9-19-11-17(15)22/h4-5,8,15,17,19,22H,1-3,6-7,9-11H2,(H,20,23). The SMILES string of the molecule is O=C(CCC(=O)c1ccc2c(c1)CCC2)NCC1CNCC1O. The van der Waals surface area contributed by atoms with Crippen LogP contribution in [0.15, 0.2) is 18.2 Å². The first-order valence-corrected chi connectivity index (χ1v) is 8.44. The number of rotatable bonds is 6. The maximum atomic E-state index is 12.2. The summed E-state index contributed by atoms with van der Waals surface area (Å²) in [5, 5.41) is 15.6. The van der Waals surface area contributed by atoms with Gasteiger partial charge in [0.1, 0.15) is 0 Å². The molecule has 1 heterocycles. The lowest BCUT2D eigenvalue weighted by atomic mass is 10.0. The van der Waals surface area contributed by atoms with Crippen molar-refractivity contribution in [2.24, 2.45) is 5.92 Å². The summed E-state index contributed by atoms with van der Waals surface area (Å²) in [6.07, 6.45) is 3.35. The molecule has 1 fully saturated rings. The summed E-state index contributed by atoms with van der Waals surface area (Å²) in [5.74, 6) is -0.0395. The van der Waals surface area contributed by atoms with Crippen molar-refractivity contribution in [3.63, 3.8) is 0 Å². The lowest BCUT2D eigenvalue weighted by molar-refractivity contribution is -0.121. The second-order valence-corrected chi connectivity index (χ2v) is 6.55. The number of carbonyl (C=O) groups excluding carboxylic acids is 2. The molecule has 3 N–H and O–H groups in total. The summed E-state index contributed by atoms with van der Waals surface area (Å²) in [4.78, 5) is 24.1. The Bertz CT molecular complexity index is 600. The molecule has 0 radical (unpaired) electrons. The first kappa shape index (κ1) is 16.1. The molecule has 5 nitrogen and oxygen atoms in total. The minimum Gasteiger partial charge on any atom is -0.391 e. The Morgan fingerprint density at radius 3 is 2.78 bits per heavy atom. The first-order chi connectivity index (χ1) is 11.1. The first-order valence-electron chi connectivity index (χ1n) is 8.44. The Kier molecular flexibility index (Phi) is 5.08. The number of aliphatic hydroxyl groups is 1.